The average Bonchev–Trinajstić information content (AvgIpc) is 3.47. The number of pyridine rings is 1. The van der Waals surface area contributed by atoms with Crippen molar-refractivity contribution < 1.29 is 9.18 Å². The highest BCUT2D eigenvalue weighted by molar-refractivity contribution is 5.92. The Morgan fingerprint density at radius 1 is 0.970 bits per heavy atom. The van der Waals surface area contributed by atoms with Gasteiger partial charge in [-0.15, -0.1) is 10.2 Å². The molecule has 0 aliphatic heterocycles. The van der Waals surface area contributed by atoms with E-state index >= 15 is 0 Å². The summed E-state index contributed by atoms with van der Waals surface area (Å²) >= 11 is 0. The van der Waals surface area contributed by atoms with Gasteiger partial charge in [0.05, 0.1) is 17.9 Å². The van der Waals surface area contributed by atoms with Gasteiger partial charge in [-0.25, -0.2) is 9.07 Å². The number of carbonyl (C=O) groups excluding carboxylic acids is 1. The standard InChI is InChI=1S/C25H19FN6O/c26-20-12-9-18(10-13-20)25-19(17-32(30-25)21-6-2-1-3-7-21)11-14-24(33)27-16-23-29-28-22-8-4-5-15-31(22)23/h1-15,17H,16H2,(H,27,33)/b14-11+. The Kier molecular flexibility index (Phi) is 5.47. The van der Waals surface area contributed by atoms with Crippen molar-refractivity contribution >= 4 is 17.6 Å². The van der Waals surface area contributed by atoms with Crippen molar-refractivity contribution in [3.05, 3.63) is 108 Å². The smallest absolute Gasteiger partial charge is 0.244 e. The summed E-state index contributed by atoms with van der Waals surface area (Å²) in [6, 6.07) is 21.4. The Morgan fingerprint density at radius 2 is 1.76 bits per heavy atom. The zero-order valence-electron chi connectivity index (χ0n) is 17.5. The van der Waals surface area contributed by atoms with Crippen molar-refractivity contribution in [3.63, 3.8) is 0 Å². The number of aromatic nitrogens is 5. The van der Waals surface area contributed by atoms with Crippen LogP contribution in [0.25, 0.3) is 28.7 Å². The van der Waals surface area contributed by atoms with Crippen LogP contribution in [0, 0.1) is 5.82 Å². The van der Waals surface area contributed by atoms with E-state index in [2.05, 4.69) is 20.6 Å². The van der Waals surface area contributed by atoms with Crippen molar-refractivity contribution in [3.8, 4) is 16.9 Å². The molecule has 0 aliphatic carbocycles. The molecule has 5 rings (SSSR count). The summed E-state index contributed by atoms with van der Waals surface area (Å²) in [5.74, 6) is 0.0372. The first-order valence-electron chi connectivity index (χ1n) is 10.3. The first-order valence-corrected chi connectivity index (χ1v) is 10.3. The van der Waals surface area contributed by atoms with E-state index in [4.69, 9.17) is 0 Å². The van der Waals surface area contributed by atoms with Gasteiger partial charge in [-0.3, -0.25) is 9.20 Å². The second-order valence-corrected chi connectivity index (χ2v) is 7.32. The van der Waals surface area contributed by atoms with Gasteiger partial charge in [0.15, 0.2) is 11.5 Å². The fraction of sp³-hybridized carbons (Fsp3) is 0.0400. The summed E-state index contributed by atoms with van der Waals surface area (Å²) in [7, 11) is 0. The van der Waals surface area contributed by atoms with Crippen molar-refractivity contribution in [1.82, 2.24) is 29.7 Å². The number of halogens is 1. The van der Waals surface area contributed by atoms with E-state index in [9.17, 15) is 9.18 Å². The molecule has 8 heteroatoms. The van der Waals surface area contributed by atoms with Gasteiger partial charge in [0, 0.05) is 29.6 Å². The summed E-state index contributed by atoms with van der Waals surface area (Å²) in [5.41, 5.74) is 3.72. The van der Waals surface area contributed by atoms with Crippen molar-refractivity contribution in [2.75, 3.05) is 0 Å². The number of amides is 1. The predicted octanol–water partition coefficient (Wildman–Crippen LogP) is 4.05. The number of carbonyl (C=O) groups is 1. The van der Waals surface area contributed by atoms with Gasteiger partial charge in [-0.2, -0.15) is 5.10 Å². The topological polar surface area (TPSA) is 77.1 Å². The van der Waals surface area contributed by atoms with Crippen LogP contribution < -0.4 is 5.32 Å². The lowest BCUT2D eigenvalue weighted by atomic mass is 10.1. The molecule has 33 heavy (non-hydrogen) atoms. The molecule has 0 bridgehead atoms. The Bertz CT molecular complexity index is 1440. The van der Waals surface area contributed by atoms with Crippen molar-refractivity contribution in [2.45, 2.75) is 6.54 Å². The quantitative estimate of drug-likeness (QED) is 0.406. The highest BCUT2D eigenvalue weighted by Crippen LogP contribution is 2.25. The highest BCUT2D eigenvalue weighted by Gasteiger charge is 2.12. The fourth-order valence-electron chi connectivity index (χ4n) is 3.46. The average molecular weight is 438 g/mol. The number of para-hydroxylation sites is 1. The van der Waals surface area contributed by atoms with Gasteiger partial charge >= 0.3 is 0 Å². The second kappa shape index (κ2) is 8.88. The number of hydrogen-bond acceptors (Lipinski definition) is 4. The van der Waals surface area contributed by atoms with Gasteiger partial charge in [-0.05, 0) is 54.6 Å². The molecular formula is C25H19FN6O. The van der Waals surface area contributed by atoms with E-state index in [1.54, 1.807) is 22.9 Å². The van der Waals surface area contributed by atoms with Gasteiger partial charge in [0.1, 0.15) is 5.82 Å². The monoisotopic (exact) mass is 438 g/mol. The van der Waals surface area contributed by atoms with Crippen LogP contribution in [0.5, 0.6) is 0 Å². The molecule has 1 N–H and O–H groups in total. The molecule has 7 nitrogen and oxygen atoms in total. The van der Waals surface area contributed by atoms with E-state index in [-0.39, 0.29) is 18.3 Å². The van der Waals surface area contributed by atoms with Crippen LogP contribution in [-0.4, -0.2) is 30.3 Å². The molecule has 0 radical (unpaired) electrons. The third kappa shape index (κ3) is 4.40. The highest BCUT2D eigenvalue weighted by atomic mass is 19.1. The molecule has 0 unspecified atom stereocenters. The maximum absolute atomic E-state index is 13.4. The molecule has 0 atom stereocenters. The summed E-state index contributed by atoms with van der Waals surface area (Å²) in [6.07, 6.45) is 6.83. The first kappa shape index (κ1) is 20.3. The van der Waals surface area contributed by atoms with Crippen LogP contribution in [-0.2, 0) is 11.3 Å². The molecule has 1 amide bonds. The number of nitrogens with zero attached hydrogens (tertiary/aromatic N) is 5. The summed E-state index contributed by atoms with van der Waals surface area (Å²) in [4.78, 5) is 12.5. The molecule has 5 aromatic rings. The van der Waals surface area contributed by atoms with Gasteiger partial charge < -0.3 is 5.32 Å². The minimum absolute atomic E-state index is 0.239. The second-order valence-electron chi connectivity index (χ2n) is 7.32. The number of fused-ring (bicyclic) bond motifs is 1. The van der Waals surface area contributed by atoms with Crippen LogP contribution in [0.2, 0.25) is 0 Å². The third-order valence-electron chi connectivity index (χ3n) is 5.10. The van der Waals surface area contributed by atoms with Crippen LogP contribution in [0.15, 0.2) is 91.3 Å². The molecule has 0 aliphatic rings. The third-order valence-corrected chi connectivity index (χ3v) is 5.10. The maximum Gasteiger partial charge on any atom is 0.244 e. The number of benzene rings is 2. The van der Waals surface area contributed by atoms with Gasteiger partial charge in [0.25, 0.3) is 0 Å². The van der Waals surface area contributed by atoms with Crippen LogP contribution >= 0.6 is 0 Å². The molecule has 0 spiro atoms. The molecule has 0 fully saturated rings. The Morgan fingerprint density at radius 3 is 2.58 bits per heavy atom. The van der Waals surface area contributed by atoms with E-state index in [1.165, 1.54) is 18.2 Å². The first-order chi connectivity index (χ1) is 16.2. The lowest BCUT2D eigenvalue weighted by Gasteiger charge is -2.01. The molecule has 0 saturated heterocycles. The van der Waals surface area contributed by atoms with Crippen LogP contribution in [0.4, 0.5) is 4.39 Å². The normalized spacial score (nSPS) is 11.3. The number of rotatable bonds is 6. The minimum atomic E-state index is -0.321. The maximum atomic E-state index is 13.4. The van der Waals surface area contributed by atoms with Crippen molar-refractivity contribution in [2.24, 2.45) is 0 Å². The lowest BCUT2D eigenvalue weighted by Crippen LogP contribution is -2.21. The van der Waals surface area contributed by atoms with Crippen molar-refractivity contribution in [1.29, 1.82) is 0 Å². The van der Waals surface area contributed by atoms with E-state index in [0.29, 0.717) is 11.5 Å². The Hall–Kier alpha value is -4.59. The molecule has 3 heterocycles. The Labute approximate surface area is 188 Å². The molecule has 0 saturated carbocycles. The zero-order chi connectivity index (χ0) is 22.6. The van der Waals surface area contributed by atoms with Gasteiger partial charge in [0.2, 0.25) is 5.91 Å². The van der Waals surface area contributed by atoms with Crippen LogP contribution in [0.1, 0.15) is 11.4 Å². The summed E-state index contributed by atoms with van der Waals surface area (Å²) in [5, 5.41) is 15.7. The number of nitrogens with one attached hydrogen (secondary N) is 1. The van der Waals surface area contributed by atoms with E-state index < -0.39 is 0 Å². The van der Waals surface area contributed by atoms with Gasteiger partial charge in [-0.1, -0.05) is 24.3 Å². The fourth-order valence-corrected chi connectivity index (χ4v) is 3.46. The summed E-state index contributed by atoms with van der Waals surface area (Å²) in [6.45, 7) is 0.239. The lowest BCUT2D eigenvalue weighted by molar-refractivity contribution is -0.116. The molecule has 162 valence electrons. The molecular weight excluding hydrogens is 419 g/mol. The largest absolute Gasteiger partial charge is 0.345 e. The zero-order valence-corrected chi connectivity index (χ0v) is 17.5. The summed E-state index contributed by atoms with van der Waals surface area (Å²) < 4.78 is 17.0. The molecule has 2 aromatic carbocycles. The Balaban J connectivity index is 1.38. The molecule has 3 aromatic heterocycles. The number of hydrogen-bond donors (Lipinski definition) is 1. The van der Waals surface area contributed by atoms with E-state index in [0.717, 1.165) is 22.5 Å². The minimum Gasteiger partial charge on any atom is -0.345 e. The van der Waals surface area contributed by atoms with Crippen LogP contribution in [0.3, 0.4) is 0 Å². The SMILES string of the molecule is O=C(/C=C/c1cn(-c2ccccc2)nc1-c1ccc(F)cc1)NCc1nnc2ccccn12. The predicted molar refractivity (Wildman–Crippen MR) is 123 cm³/mol. The van der Waals surface area contributed by atoms with E-state index in [1.807, 2.05) is 65.3 Å².